The van der Waals surface area contributed by atoms with E-state index in [0.717, 1.165) is 22.3 Å². The predicted molar refractivity (Wildman–Crippen MR) is 78.2 cm³/mol. The van der Waals surface area contributed by atoms with Crippen LogP contribution in [0.5, 0.6) is 5.75 Å². The van der Waals surface area contributed by atoms with E-state index in [0.29, 0.717) is 17.0 Å². The normalized spacial score (nSPS) is 12.6. The lowest BCUT2D eigenvalue weighted by atomic mass is 10.1. The topological polar surface area (TPSA) is 21.3 Å². The third kappa shape index (κ3) is 4.40. The molecule has 0 saturated carbocycles. The molecule has 0 spiro atoms. The van der Waals surface area contributed by atoms with Crippen LogP contribution in [0.2, 0.25) is 5.02 Å². The summed E-state index contributed by atoms with van der Waals surface area (Å²) in [7, 11) is 1.66. The average molecular weight is 321 g/mol. The largest absolute Gasteiger partial charge is 0.493 e. The van der Waals surface area contributed by atoms with Gasteiger partial charge in [0, 0.05) is 11.1 Å². The molecule has 1 N–H and O–H groups in total. The molecular weight excluding hydrogens is 302 g/mol. The minimum atomic E-state index is 0.384. The van der Waals surface area contributed by atoms with E-state index in [1.54, 1.807) is 7.11 Å². The van der Waals surface area contributed by atoms with E-state index in [9.17, 15) is 0 Å². The van der Waals surface area contributed by atoms with E-state index < -0.39 is 0 Å². The molecular formula is C13H19BrClNO. The molecule has 4 heteroatoms. The molecule has 0 heterocycles. The molecule has 0 bridgehead atoms. The first-order valence-electron chi connectivity index (χ1n) is 5.73. The van der Waals surface area contributed by atoms with Gasteiger partial charge in [0.15, 0.2) is 5.75 Å². The van der Waals surface area contributed by atoms with Crippen molar-refractivity contribution in [2.45, 2.75) is 33.2 Å². The first-order valence-corrected chi connectivity index (χ1v) is 6.90. The van der Waals surface area contributed by atoms with Gasteiger partial charge in [0.25, 0.3) is 0 Å². The summed E-state index contributed by atoms with van der Waals surface area (Å²) in [5.74, 6) is 1.45. The van der Waals surface area contributed by atoms with Gasteiger partial charge in [-0.05, 0) is 47.3 Å². The number of rotatable bonds is 5. The predicted octanol–water partition coefficient (Wildman–Crippen LogP) is 4.96. The SMILES string of the molecule is COc1c(Br)cc(Cl)cc1NC(C)CC(C)C. The Kier molecular flexibility index (Phi) is 5.60. The molecule has 96 valence electrons. The first kappa shape index (κ1) is 14.7. The average Bonchev–Trinajstić information content (AvgIpc) is 2.15. The summed E-state index contributed by atoms with van der Waals surface area (Å²) in [6.45, 7) is 6.58. The zero-order valence-electron chi connectivity index (χ0n) is 10.7. The Morgan fingerprint density at radius 1 is 1.35 bits per heavy atom. The highest BCUT2D eigenvalue weighted by Crippen LogP contribution is 2.36. The number of nitrogens with one attached hydrogen (secondary N) is 1. The molecule has 0 fully saturated rings. The van der Waals surface area contributed by atoms with Crippen LogP contribution in [0.25, 0.3) is 0 Å². The Balaban J connectivity index is 2.89. The number of anilines is 1. The zero-order valence-corrected chi connectivity index (χ0v) is 13.0. The van der Waals surface area contributed by atoms with Crippen LogP contribution in [0, 0.1) is 5.92 Å². The fourth-order valence-corrected chi connectivity index (χ4v) is 2.88. The van der Waals surface area contributed by atoms with E-state index in [1.165, 1.54) is 0 Å². The summed E-state index contributed by atoms with van der Waals surface area (Å²) >= 11 is 9.49. The molecule has 0 radical (unpaired) electrons. The van der Waals surface area contributed by atoms with Crippen molar-refractivity contribution in [1.29, 1.82) is 0 Å². The first-order chi connectivity index (χ1) is 7.93. The second kappa shape index (κ2) is 6.50. The molecule has 1 unspecified atom stereocenters. The van der Waals surface area contributed by atoms with Gasteiger partial charge in [0.05, 0.1) is 17.3 Å². The van der Waals surface area contributed by atoms with Crippen LogP contribution in [-0.4, -0.2) is 13.2 Å². The monoisotopic (exact) mass is 319 g/mol. The lowest BCUT2D eigenvalue weighted by Gasteiger charge is -2.20. The molecule has 0 aliphatic heterocycles. The van der Waals surface area contributed by atoms with Crippen molar-refractivity contribution in [3.63, 3.8) is 0 Å². The highest BCUT2D eigenvalue weighted by molar-refractivity contribution is 9.10. The van der Waals surface area contributed by atoms with Crippen LogP contribution >= 0.6 is 27.5 Å². The van der Waals surface area contributed by atoms with Gasteiger partial charge in [-0.1, -0.05) is 25.4 Å². The quantitative estimate of drug-likeness (QED) is 0.828. The Morgan fingerprint density at radius 3 is 2.53 bits per heavy atom. The zero-order chi connectivity index (χ0) is 13.0. The van der Waals surface area contributed by atoms with Gasteiger partial charge in [-0.25, -0.2) is 0 Å². The molecule has 1 atom stereocenters. The van der Waals surface area contributed by atoms with E-state index in [1.807, 2.05) is 12.1 Å². The van der Waals surface area contributed by atoms with E-state index >= 15 is 0 Å². The smallest absolute Gasteiger partial charge is 0.156 e. The maximum absolute atomic E-state index is 6.04. The van der Waals surface area contributed by atoms with Crippen LogP contribution in [0.1, 0.15) is 27.2 Å². The van der Waals surface area contributed by atoms with Crippen molar-refractivity contribution >= 4 is 33.2 Å². The Morgan fingerprint density at radius 2 is 2.00 bits per heavy atom. The van der Waals surface area contributed by atoms with Crippen molar-refractivity contribution < 1.29 is 4.74 Å². The summed E-state index contributed by atoms with van der Waals surface area (Å²) in [5, 5.41) is 4.13. The molecule has 0 aromatic heterocycles. The maximum atomic E-state index is 6.04. The Bertz CT molecular complexity index is 382. The van der Waals surface area contributed by atoms with Gasteiger partial charge in [0.2, 0.25) is 0 Å². The van der Waals surface area contributed by atoms with Gasteiger partial charge in [-0.3, -0.25) is 0 Å². The van der Waals surface area contributed by atoms with Crippen molar-refractivity contribution in [2.75, 3.05) is 12.4 Å². The van der Waals surface area contributed by atoms with Crippen LogP contribution in [0.4, 0.5) is 5.69 Å². The molecule has 1 aromatic carbocycles. The van der Waals surface area contributed by atoms with Crippen LogP contribution in [0.3, 0.4) is 0 Å². The van der Waals surface area contributed by atoms with Crippen molar-refractivity contribution in [1.82, 2.24) is 0 Å². The molecule has 2 nitrogen and oxygen atoms in total. The van der Waals surface area contributed by atoms with Crippen LogP contribution < -0.4 is 10.1 Å². The van der Waals surface area contributed by atoms with Gasteiger partial charge in [-0.2, -0.15) is 0 Å². The minimum Gasteiger partial charge on any atom is -0.493 e. The summed E-state index contributed by atoms with van der Waals surface area (Å²) < 4.78 is 6.24. The van der Waals surface area contributed by atoms with Crippen molar-refractivity contribution in [2.24, 2.45) is 5.92 Å². The lowest BCUT2D eigenvalue weighted by Crippen LogP contribution is -2.18. The van der Waals surface area contributed by atoms with E-state index in [2.05, 4.69) is 42.0 Å². The van der Waals surface area contributed by atoms with Crippen molar-refractivity contribution in [3.8, 4) is 5.75 Å². The third-order valence-corrected chi connectivity index (χ3v) is 3.25. The fraction of sp³-hybridized carbons (Fsp3) is 0.538. The summed E-state index contributed by atoms with van der Waals surface area (Å²) in [6, 6.07) is 4.11. The highest BCUT2D eigenvalue weighted by Gasteiger charge is 2.12. The summed E-state index contributed by atoms with van der Waals surface area (Å²) in [4.78, 5) is 0. The Hall–Kier alpha value is -0.410. The molecule has 1 rings (SSSR count). The van der Waals surface area contributed by atoms with Gasteiger partial charge in [-0.15, -0.1) is 0 Å². The second-order valence-electron chi connectivity index (χ2n) is 4.64. The fourth-order valence-electron chi connectivity index (χ4n) is 1.91. The maximum Gasteiger partial charge on any atom is 0.156 e. The number of ether oxygens (including phenoxy) is 1. The van der Waals surface area contributed by atoms with Crippen LogP contribution in [0.15, 0.2) is 16.6 Å². The number of methoxy groups -OCH3 is 1. The standard InChI is InChI=1S/C13H19BrClNO/c1-8(2)5-9(3)16-12-7-10(15)6-11(14)13(12)17-4/h6-9,16H,5H2,1-4H3. The minimum absolute atomic E-state index is 0.384. The molecule has 0 aliphatic rings. The van der Waals surface area contributed by atoms with E-state index in [-0.39, 0.29) is 0 Å². The van der Waals surface area contributed by atoms with Crippen molar-refractivity contribution in [3.05, 3.63) is 21.6 Å². The summed E-state index contributed by atoms with van der Waals surface area (Å²) in [6.07, 6.45) is 1.10. The molecule has 17 heavy (non-hydrogen) atoms. The number of hydrogen-bond acceptors (Lipinski definition) is 2. The second-order valence-corrected chi connectivity index (χ2v) is 5.93. The Labute approximate surface area is 117 Å². The third-order valence-electron chi connectivity index (χ3n) is 2.44. The molecule has 0 saturated heterocycles. The number of benzene rings is 1. The molecule has 0 aliphatic carbocycles. The lowest BCUT2D eigenvalue weighted by molar-refractivity contribution is 0.413. The van der Waals surface area contributed by atoms with Gasteiger partial charge < -0.3 is 10.1 Å². The molecule has 1 aromatic rings. The number of halogens is 2. The van der Waals surface area contributed by atoms with E-state index in [4.69, 9.17) is 16.3 Å². The molecule has 0 amide bonds. The summed E-state index contributed by atoms with van der Waals surface area (Å²) in [5.41, 5.74) is 0.931. The van der Waals surface area contributed by atoms with Gasteiger partial charge >= 0.3 is 0 Å². The number of hydrogen-bond donors (Lipinski definition) is 1. The van der Waals surface area contributed by atoms with Gasteiger partial charge in [0.1, 0.15) is 0 Å². The van der Waals surface area contributed by atoms with Crippen LogP contribution in [-0.2, 0) is 0 Å². The highest BCUT2D eigenvalue weighted by atomic mass is 79.9.